The van der Waals surface area contributed by atoms with Crippen molar-refractivity contribution in [3.05, 3.63) is 114 Å². The number of benzene rings is 3. The Bertz CT molecular complexity index is 2670. The fourth-order valence-electron chi connectivity index (χ4n) is 6.97. The maximum absolute atomic E-state index is 17.2. The van der Waals surface area contributed by atoms with Crippen molar-refractivity contribution in [1.29, 1.82) is 31.6 Å². The molecule has 2 aliphatic carbocycles. The van der Waals surface area contributed by atoms with E-state index in [1.54, 1.807) is 0 Å². The fourth-order valence-corrected chi connectivity index (χ4v) is 6.97. The number of allylic oxidation sites excluding steroid dienone is 8. The summed E-state index contributed by atoms with van der Waals surface area (Å²) in [5, 5.41) is 59.7. The molecule has 0 radical (unpaired) electrons. The topological polar surface area (TPSA) is 143 Å². The summed E-state index contributed by atoms with van der Waals surface area (Å²) in [6.07, 6.45) is -38.1. The van der Waals surface area contributed by atoms with E-state index in [1.807, 2.05) is 0 Å². The van der Waals surface area contributed by atoms with E-state index in [4.69, 9.17) is 0 Å². The smallest absolute Gasteiger partial charge is 0.206 e. The largest absolute Gasteiger partial charge is 0.417 e. The van der Waals surface area contributed by atoms with Gasteiger partial charge in [-0.05, 0) is 52.6 Å². The van der Waals surface area contributed by atoms with Crippen LogP contribution in [-0.4, -0.2) is 0 Å². The lowest BCUT2D eigenvalue weighted by Crippen LogP contribution is -2.23. The lowest BCUT2D eigenvalue weighted by Gasteiger charge is -2.23. The van der Waals surface area contributed by atoms with Crippen LogP contribution in [0.3, 0.4) is 0 Å². The summed E-state index contributed by atoms with van der Waals surface area (Å²) in [7, 11) is 0. The van der Waals surface area contributed by atoms with Crippen LogP contribution < -0.4 is 0 Å². The molecule has 0 N–H and O–H groups in total. The molecule has 0 fully saturated rings. The Kier molecular flexibility index (Phi) is 10.8. The van der Waals surface area contributed by atoms with Crippen LogP contribution in [0.25, 0.3) is 33.4 Å². The average Bonchev–Trinajstić information content (AvgIpc) is 3.66. The van der Waals surface area contributed by atoms with Crippen LogP contribution in [0.5, 0.6) is 0 Å². The number of fused-ring (bicyclic) bond motifs is 2. The lowest BCUT2D eigenvalue weighted by atomic mass is 9.86. The van der Waals surface area contributed by atoms with Crippen LogP contribution in [0, 0.1) is 73.8 Å². The number of rotatable bonds is 2. The maximum atomic E-state index is 17.2. The zero-order valence-electron chi connectivity index (χ0n) is 29.3. The molecule has 3 aromatic rings. The third-order valence-electron chi connectivity index (χ3n) is 9.12. The average molecular weight is 906 g/mol. The van der Waals surface area contributed by atoms with Crippen LogP contribution in [-0.2, 0) is 37.1 Å². The van der Waals surface area contributed by atoms with E-state index in [-0.39, 0.29) is 0 Å². The first-order valence-electron chi connectivity index (χ1n) is 15.8. The highest BCUT2D eigenvalue weighted by Crippen LogP contribution is 2.58. The van der Waals surface area contributed by atoms with Gasteiger partial charge < -0.3 is 0 Å². The molecule has 0 aromatic heterocycles. The van der Waals surface area contributed by atoms with E-state index in [2.05, 4.69) is 0 Å². The molecule has 0 saturated heterocycles. The molecule has 2 aliphatic rings. The molecule has 5 rings (SSSR count). The first-order valence-corrected chi connectivity index (χ1v) is 15.8. The molecule has 0 bridgehead atoms. The van der Waals surface area contributed by atoms with Crippen LogP contribution in [0.15, 0.2) is 41.5 Å². The fraction of sp³-hybridized carbons (Fsp3) is 0.158. The summed E-state index contributed by atoms with van der Waals surface area (Å²) in [6, 6.07) is 4.55. The monoisotopic (exact) mass is 906 g/mol. The van der Waals surface area contributed by atoms with Gasteiger partial charge in [0.2, 0.25) is 0 Å². The minimum absolute atomic E-state index is 0.315. The Hall–Kier alpha value is -7.77. The van der Waals surface area contributed by atoms with Gasteiger partial charge in [0.1, 0.15) is 53.4 Å². The van der Waals surface area contributed by atoms with E-state index in [1.165, 1.54) is 0 Å². The van der Waals surface area contributed by atoms with Crippen molar-refractivity contribution < 1.29 is 83.4 Å². The predicted molar refractivity (Wildman–Crippen MR) is 170 cm³/mol. The molecule has 25 heteroatoms. The summed E-state index contributed by atoms with van der Waals surface area (Å²) in [4.78, 5) is 0. The minimum Gasteiger partial charge on any atom is -0.206 e. The third-order valence-corrected chi connectivity index (χ3v) is 9.12. The number of alkyl halides is 18. The Morgan fingerprint density at radius 1 is 0.381 bits per heavy atom. The molecule has 0 heterocycles. The Morgan fingerprint density at radius 3 is 0.825 bits per heavy atom. The normalized spacial score (nSPS) is 14.3. The quantitative estimate of drug-likeness (QED) is 0.185. The molecule has 0 saturated carbocycles. The first-order chi connectivity index (χ1) is 28.8. The third kappa shape index (κ3) is 7.52. The number of hydrogen-bond donors (Lipinski definition) is 0. The van der Waals surface area contributed by atoms with Crippen LogP contribution >= 0.6 is 0 Å². The van der Waals surface area contributed by atoms with Gasteiger partial charge in [-0.2, -0.15) is 111 Å². The number of halogens is 19. The molecular formula is C38H5F19N6. The predicted octanol–water partition coefficient (Wildman–Crippen LogP) is 12.4. The molecule has 320 valence electrons. The molecule has 0 spiro atoms. The molecular weight excluding hydrogens is 901 g/mol. The second kappa shape index (κ2) is 14.7. The summed E-state index contributed by atoms with van der Waals surface area (Å²) < 4.78 is 271. The van der Waals surface area contributed by atoms with E-state index in [0.29, 0.717) is 6.07 Å². The van der Waals surface area contributed by atoms with E-state index in [9.17, 15) is 111 Å². The second-order valence-corrected chi connectivity index (χ2v) is 12.6. The van der Waals surface area contributed by atoms with E-state index >= 15 is 4.39 Å². The summed E-state index contributed by atoms with van der Waals surface area (Å²) in [6.45, 7) is 0. The number of nitrogens with zero attached hydrogens (tertiary/aromatic N) is 6. The zero-order valence-corrected chi connectivity index (χ0v) is 29.3. The lowest BCUT2D eigenvalue weighted by molar-refractivity contribution is -0.174. The molecule has 63 heavy (non-hydrogen) atoms. The maximum Gasteiger partial charge on any atom is 0.417 e. The van der Waals surface area contributed by atoms with Gasteiger partial charge in [0.15, 0.2) is 0 Å². The highest BCUT2D eigenvalue weighted by molar-refractivity contribution is 6.30. The van der Waals surface area contributed by atoms with Crippen LogP contribution in [0.1, 0.15) is 66.8 Å². The first kappa shape index (κ1) is 46.3. The van der Waals surface area contributed by atoms with Gasteiger partial charge in [0.25, 0.3) is 0 Å². The van der Waals surface area contributed by atoms with Crippen molar-refractivity contribution in [2.45, 2.75) is 37.1 Å². The van der Waals surface area contributed by atoms with Crippen molar-refractivity contribution in [3.63, 3.8) is 0 Å². The standard InChI is InChI=1S/C38H5F19N6/c39-32-28-16(26(14(6-58)7-59)24(18(28)10-62)12-1-20(33(40,41)42)30(37(52,53)54)21(2-12)34(43,44)45)5-17-27(15(8-60)9-61)25(19(11-63)29(17)32)13-3-22(35(46,47)48)31(38(55,56)57)23(4-13)36(49,50)51/h1-5H. The van der Waals surface area contributed by atoms with E-state index in [0.717, 1.165) is 36.4 Å². The number of nitriles is 6. The van der Waals surface area contributed by atoms with Crippen molar-refractivity contribution in [2.24, 2.45) is 0 Å². The summed E-state index contributed by atoms with van der Waals surface area (Å²) >= 11 is 0. The highest BCUT2D eigenvalue weighted by atomic mass is 19.4. The van der Waals surface area contributed by atoms with Gasteiger partial charge in [-0.1, -0.05) is 0 Å². The molecule has 0 atom stereocenters. The van der Waals surface area contributed by atoms with Crippen molar-refractivity contribution in [3.8, 4) is 36.4 Å². The molecule has 0 amide bonds. The highest BCUT2D eigenvalue weighted by Gasteiger charge is 2.53. The Morgan fingerprint density at radius 2 is 0.635 bits per heavy atom. The van der Waals surface area contributed by atoms with Gasteiger partial charge in [0.05, 0.1) is 44.5 Å². The van der Waals surface area contributed by atoms with Gasteiger partial charge in [0, 0.05) is 33.4 Å². The molecule has 3 aromatic carbocycles. The Balaban J connectivity index is 2.08. The molecule has 0 unspecified atom stereocenters. The van der Waals surface area contributed by atoms with Crippen molar-refractivity contribution in [2.75, 3.05) is 0 Å². The zero-order chi connectivity index (χ0) is 47.9. The van der Waals surface area contributed by atoms with E-state index < -0.39 is 178 Å². The van der Waals surface area contributed by atoms with Gasteiger partial charge in [-0.25, -0.2) is 4.39 Å². The second-order valence-electron chi connectivity index (χ2n) is 12.6. The molecule has 6 nitrogen and oxygen atoms in total. The molecule has 0 aliphatic heterocycles. The number of hydrogen-bond acceptors (Lipinski definition) is 6. The van der Waals surface area contributed by atoms with Crippen molar-refractivity contribution in [1.82, 2.24) is 0 Å². The SMILES string of the molecule is N#CC(C#N)=C1C(c2cc(C(F)(F)F)c(C(F)(F)F)c(C(F)(F)F)c2)=C(C#N)c2c1cc1c(c2F)C(C#N)=C(c2cc(C(F)(F)F)c(C(F)(F)F)c(C(F)(F)F)c2)C1=C(C#N)C#N. The van der Waals surface area contributed by atoms with Gasteiger partial charge >= 0.3 is 37.1 Å². The summed E-state index contributed by atoms with van der Waals surface area (Å²) in [5.41, 5.74) is -39.2. The van der Waals surface area contributed by atoms with Crippen LogP contribution in [0.2, 0.25) is 0 Å². The summed E-state index contributed by atoms with van der Waals surface area (Å²) in [5.74, 6) is -2.15. The van der Waals surface area contributed by atoms with Gasteiger partial charge in [-0.15, -0.1) is 0 Å². The minimum atomic E-state index is -6.41. The van der Waals surface area contributed by atoms with Crippen LogP contribution in [0.4, 0.5) is 83.4 Å². The van der Waals surface area contributed by atoms with Crippen molar-refractivity contribution >= 4 is 33.4 Å². The van der Waals surface area contributed by atoms with Gasteiger partial charge in [-0.3, -0.25) is 0 Å². The Labute approximate surface area is 336 Å².